The maximum absolute atomic E-state index is 9.60. The summed E-state index contributed by atoms with van der Waals surface area (Å²) in [6.07, 6.45) is -5.44. The molecule has 6 nitrogen and oxygen atoms in total. The van der Waals surface area contributed by atoms with E-state index in [0.29, 0.717) is 6.42 Å². The molecule has 1 rings (SSSR count). The molecule has 96 valence electrons. The molecule has 0 spiro atoms. The van der Waals surface area contributed by atoms with E-state index in [0.717, 1.165) is 0 Å². The second-order valence-electron chi connectivity index (χ2n) is 3.65. The second-order valence-corrected chi connectivity index (χ2v) is 4.67. The number of alkyl halides is 1. The predicted octanol–water partition coefficient (Wildman–Crippen LogP) is -1.07. The minimum Gasteiger partial charge on any atom is -0.394 e. The predicted molar refractivity (Wildman–Crippen MR) is 57.9 cm³/mol. The molecule has 7 heteroatoms. The molecule has 4 N–H and O–H groups in total. The van der Waals surface area contributed by atoms with E-state index in [-0.39, 0.29) is 5.01 Å². The van der Waals surface area contributed by atoms with E-state index in [1.165, 1.54) is 0 Å². The van der Waals surface area contributed by atoms with Gasteiger partial charge in [-0.15, -0.1) is 0 Å². The van der Waals surface area contributed by atoms with E-state index in [9.17, 15) is 15.3 Å². The van der Waals surface area contributed by atoms with E-state index >= 15 is 0 Å². The van der Waals surface area contributed by atoms with Crippen LogP contribution < -0.4 is 0 Å². The van der Waals surface area contributed by atoms with Crippen LogP contribution in [0.3, 0.4) is 0 Å². The fourth-order valence-electron chi connectivity index (χ4n) is 1.42. The van der Waals surface area contributed by atoms with Crippen LogP contribution in [-0.2, 0) is 9.47 Å². The summed E-state index contributed by atoms with van der Waals surface area (Å²) in [6, 6.07) is 0. The Kier molecular flexibility index (Phi) is 5.58. The van der Waals surface area contributed by atoms with Crippen molar-refractivity contribution in [1.29, 1.82) is 0 Å². The quantitative estimate of drug-likeness (QED) is 0.494. The lowest BCUT2D eigenvalue weighted by atomic mass is 9.99. The normalized spacial score (nSPS) is 42.0. The van der Waals surface area contributed by atoms with Crippen molar-refractivity contribution < 1.29 is 29.9 Å². The van der Waals surface area contributed by atoms with Crippen LogP contribution in [0.1, 0.15) is 13.3 Å². The standard InChI is InChI=1S/C9H17BrO6/c1-2-5(10)16-9-8(14)7(13)6(12)4(3-11)15-9/h4-9,11-14H,2-3H2,1H3/t4-,5+,6+,7+,8-,9-/m1/s1. The first-order chi connectivity index (χ1) is 7.51. The molecule has 1 heterocycles. The number of hydrogen-bond acceptors (Lipinski definition) is 6. The zero-order valence-electron chi connectivity index (χ0n) is 8.86. The van der Waals surface area contributed by atoms with Gasteiger partial charge in [0.2, 0.25) is 0 Å². The first-order valence-corrected chi connectivity index (χ1v) is 6.02. The lowest BCUT2D eigenvalue weighted by molar-refractivity contribution is -0.303. The Morgan fingerprint density at radius 2 is 1.88 bits per heavy atom. The minimum absolute atomic E-state index is 0.325. The number of halogens is 1. The first-order valence-electron chi connectivity index (χ1n) is 5.11. The molecule has 16 heavy (non-hydrogen) atoms. The largest absolute Gasteiger partial charge is 0.394 e. The van der Waals surface area contributed by atoms with Crippen LogP contribution in [0.15, 0.2) is 0 Å². The summed E-state index contributed by atoms with van der Waals surface area (Å²) in [7, 11) is 0. The summed E-state index contributed by atoms with van der Waals surface area (Å²) in [5.74, 6) is 0. The molecule has 0 amide bonds. The van der Waals surface area contributed by atoms with Gasteiger partial charge in [-0.2, -0.15) is 0 Å². The Hall–Kier alpha value is 0.240. The van der Waals surface area contributed by atoms with Gasteiger partial charge in [0.25, 0.3) is 0 Å². The fraction of sp³-hybridized carbons (Fsp3) is 1.00. The molecule has 0 unspecified atom stereocenters. The van der Waals surface area contributed by atoms with Crippen molar-refractivity contribution in [3.05, 3.63) is 0 Å². The zero-order chi connectivity index (χ0) is 12.3. The number of rotatable bonds is 4. The molecule has 1 aliphatic rings. The van der Waals surface area contributed by atoms with Crippen LogP contribution in [0.4, 0.5) is 0 Å². The van der Waals surface area contributed by atoms with Gasteiger partial charge in [-0.3, -0.25) is 0 Å². The Labute approximate surface area is 102 Å². The molecule has 0 aliphatic carbocycles. The van der Waals surface area contributed by atoms with Crippen molar-refractivity contribution in [3.8, 4) is 0 Å². The molecule has 1 saturated heterocycles. The monoisotopic (exact) mass is 300 g/mol. The van der Waals surface area contributed by atoms with Crippen molar-refractivity contribution in [1.82, 2.24) is 0 Å². The molecule has 0 aromatic carbocycles. The number of aliphatic hydroxyl groups excluding tert-OH is 4. The molecule has 1 fully saturated rings. The summed E-state index contributed by atoms with van der Waals surface area (Å²) in [4.78, 5) is 0. The first kappa shape index (κ1) is 14.3. The molecule has 0 bridgehead atoms. The van der Waals surface area contributed by atoms with Gasteiger partial charge in [0.05, 0.1) is 6.61 Å². The van der Waals surface area contributed by atoms with Crippen LogP contribution in [0.2, 0.25) is 0 Å². The molecule has 6 atom stereocenters. The zero-order valence-corrected chi connectivity index (χ0v) is 10.4. The van der Waals surface area contributed by atoms with Gasteiger partial charge < -0.3 is 29.9 Å². The van der Waals surface area contributed by atoms with Crippen molar-refractivity contribution >= 4 is 15.9 Å². The highest BCUT2D eigenvalue weighted by molar-refractivity contribution is 9.09. The Balaban J connectivity index is 2.63. The van der Waals surface area contributed by atoms with Gasteiger partial charge in [0.1, 0.15) is 29.4 Å². The second kappa shape index (κ2) is 6.25. The van der Waals surface area contributed by atoms with E-state index in [1.807, 2.05) is 6.92 Å². The highest BCUT2D eigenvalue weighted by atomic mass is 79.9. The SMILES string of the molecule is CC[C@@H](Br)O[C@H]1O[C@H](CO)[C@H](O)[C@H](O)[C@H]1O. The lowest BCUT2D eigenvalue weighted by Crippen LogP contribution is -2.59. The average Bonchev–Trinajstić information content (AvgIpc) is 2.29. The highest BCUT2D eigenvalue weighted by Gasteiger charge is 2.44. The lowest BCUT2D eigenvalue weighted by Gasteiger charge is -2.40. The van der Waals surface area contributed by atoms with Gasteiger partial charge in [0, 0.05) is 0 Å². The Bertz CT molecular complexity index is 214. The van der Waals surface area contributed by atoms with Crippen LogP contribution in [-0.4, -0.2) is 62.8 Å². The third-order valence-electron chi connectivity index (χ3n) is 2.45. The third-order valence-corrected chi connectivity index (χ3v) is 3.31. The van der Waals surface area contributed by atoms with E-state index in [2.05, 4.69) is 15.9 Å². The van der Waals surface area contributed by atoms with Crippen molar-refractivity contribution in [2.45, 2.75) is 49.1 Å². The number of ether oxygens (including phenoxy) is 2. The highest BCUT2D eigenvalue weighted by Crippen LogP contribution is 2.24. The van der Waals surface area contributed by atoms with Gasteiger partial charge >= 0.3 is 0 Å². The third kappa shape index (κ3) is 3.13. The molecular weight excluding hydrogens is 284 g/mol. The fourth-order valence-corrected chi connectivity index (χ4v) is 1.63. The maximum atomic E-state index is 9.60. The van der Waals surface area contributed by atoms with Crippen molar-refractivity contribution in [2.75, 3.05) is 6.61 Å². The van der Waals surface area contributed by atoms with Gasteiger partial charge in [-0.25, -0.2) is 0 Å². The van der Waals surface area contributed by atoms with Crippen molar-refractivity contribution in [3.63, 3.8) is 0 Å². The Morgan fingerprint density at radius 3 is 2.38 bits per heavy atom. The van der Waals surface area contributed by atoms with Gasteiger partial charge in [-0.1, -0.05) is 22.9 Å². The van der Waals surface area contributed by atoms with Gasteiger partial charge in [0.15, 0.2) is 6.29 Å². The van der Waals surface area contributed by atoms with E-state index in [4.69, 9.17) is 14.6 Å². The van der Waals surface area contributed by atoms with Crippen LogP contribution in [0, 0.1) is 0 Å². The van der Waals surface area contributed by atoms with Crippen molar-refractivity contribution in [2.24, 2.45) is 0 Å². The molecule has 0 aromatic rings. The number of hydrogen-bond donors (Lipinski definition) is 4. The summed E-state index contributed by atoms with van der Waals surface area (Å²) in [6.45, 7) is 1.41. The molecule has 1 aliphatic heterocycles. The molecule has 0 saturated carbocycles. The minimum atomic E-state index is -1.40. The average molecular weight is 301 g/mol. The summed E-state index contributed by atoms with van der Waals surface area (Å²) >= 11 is 3.20. The van der Waals surface area contributed by atoms with Crippen LogP contribution in [0.5, 0.6) is 0 Å². The van der Waals surface area contributed by atoms with E-state index < -0.39 is 37.3 Å². The smallest absolute Gasteiger partial charge is 0.188 e. The van der Waals surface area contributed by atoms with Gasteiger partial charge in [-0.05, 0) is 6.42 Å². The topological polar surface area (TPSA) is 99.4 Å². The molecule has 0 aromatic heterocycles. The van der Waals surface area contributed by atoms with Crippen LogP contribution >= 0.6 is 15.9 Å². The maximum Gasteiger partial charge on any atom is 0.188 e. The van der Waals surface area contributed by atoms with E-state index in [1.54, 1.807) is 0 Å². The summed E-state index contributed by atoms with van der Waals surface area (Å²) in [5, 5.41) is 37.2. The summed E-state index contributed by atoms with van der Waals surface area (Å²) < 4.78 is 10.4. The van der Waals surface area contributed by atoms with Crippen LogP contribution in [0.25, 0.3) is 0 Å². The molecular formula is C9H17BrO6. The number of aliphatic hydroxyl groups is 4. The summed E-state index contributed by atoms with van der Waals surface area (Å²) in [5.41, 5.74) is 0. The Morgan fingerprint density at radius 1 is 1.25 bits per heavy atom. The molecule has 0 radical (unpaired) electrons.